The monoisotopic (exact) mass is 386 g/mol. The summed E-state index contributed by atoms with van der Waals surface area (Å²) < 4.78 is 0. The van der Waals surface area contributed by atoms with Gasteiger partial charge >= 0.3 is 0 Å². The first-order chi connectivity index (χ1) is 14.3. The van der Waals surface area contributed by atoms with Crippen molar-refractivity contribution in [2.45, 2.75) is 25.2 Å². The quantitative estimate of drug-likeness (QED) is 0.698. The summed E-state index contributed by atoms with van der Waals surface area (Å²) in [6, 6.07) is 22.3. The lowest BCUT2D eigenvalue weighted by Crippen LogP contribution is -2.39. The lowest BCUT2D eigenvalue weighted by molar-refractivity contribution is -0.117. The van der Waals surface area contributed by atoms with Gasteiger partial charge in [0.05, 0.1) is 6.54 Å². The number of hydrogen-bond donors (Lipinski definition) is 1. The van der Waals surface area contributed by atoms with E-state index in [1.165, 1.54) is 11.3 Å². The summed E-state index contributed by atoms with van der Waals surface area (Å²) in [7, 11) is 0. The molecule has 0 aliphatic carbocycles. The Morgan fingerprint density at radius 3 is 2.52 bits per heavy atom. The molecule has 0 atom stereocenters. The third-order valence-corrected chi connectivity index (χ3v) is 5.36. The van der Waals surface area contributed by atoms with Gasteiger partial charge in [0.2, 0.25) is 5.91 Å². The maximum atomic E-state index is 12.2. The van der Waals surface area contributed by atoms with Gasteiger partial charge in [-0.15, -0.1) is 0 Å². The zero-order valence-corrected chi connectivity index (χ0v) is 16.5. The Labute approximate surface area is 171 Å². The fraction of sp³-hybridized carbons (Fsp3) is 0.292. The number of aromatic nitrogens is 2. The van der Waals surface area contributed by atoms with E-state index in [0.29, 0.717) is 18.3 Å². The van der Waals surface area contributed by atoms with E-state index in [0.717, 1.165) is 38.0 Å². The summed E-state index contributed by atoms with van der Waals surface area (Å²) in [5.41, 5.74) is 3.58. The van der Waals surface area contributed by atoms with Gasteiger partial charge in [-0.1, -0.05) is 42.5 Å². The number of piperidine rings is 1. The van der Waals surface area contributed by atoms with Crippen LogP contribution in [0.4, 0.5) is 5.82 Å². The van der Waals surface area contributed by atoms with Gasteiger partial charge in [-0.05, 0) is 55.8 Å². The lowest BCUT2D eigenvalue weighted by atomic mass is 9.92. The van der Waals surface area contributed by atoms with E-state index >= 15 is 0 Å². The maximum absolute atomic E-state index is 12.2. The fourth-order valence-corrected chi connectivity index (χ4v) is 3.84. The van der Waals surface area contributed by atoms with Gasteiger partial charge in [-0.25, -0.2) is 4.98 Å². The van der Waals surface area contributed by atoms with Crippen molar-refractivity contribution in [3.05, 3.63) is 89.9 Å². The molecule has 5 heteroatoms. The minimum absolute atomic E-state index is 0.00914. The molecule has 3 aromatic rings. The highest BCUT2D eigenvalue weighted by Gasteiger charge is 2.23. The normalized spacial score (nSPS) is 15.2. The molecule has 2 aromatic heterocycles. The molecule has 1 saturated heterocycles. The molecular formula is C24H26N4O. The van der Waals surface area contributed by atoms with E-state index in [2.05, 4.69) is 57.7 Å². The molecule has 29 heavy (non-hydrogen) atoms. The Bertz CT molecular complexity index is 922. The maximum Gasteiger partial charge on any atom is 0.239 e. The second-order valence-corrected chi connectivity index (χ2v) is 7.53. The van der Waals surface area contributed by atoms with Gasteiger partial charge in [0.25, 0.3) is 0 Å². The predicted octanol–water partition coefficient (Wildman–Crippen LogP) is 3.89. The molecule has 0 saturated carbocycles. The highest BCUT2D eigenvalue weighted by molar-refractivity contribution is 5.91. The highest BCUT2D eigenvalue weighted by atomic mass is 16.2. The molecule has 0 unspecified atom stereocenters. The van der Waals surface area contributed by atoms with Crippen LogP contribution in [0.2, 0.25) is 0 Å². The highest BCUT2D eigenvalue weighted by Crippen LogP contribution is 2.27. The number of carbonyl (C=O) groups is 1. The number of amides is 1. The van der Waals surface area contributed by atoms with Crippen LogP contribution in [0, 0.1) is 0 Å². The molecule has 1 aromatic carbocycles. The van der Waals surface area contributed by atoms with E-state index in [1.807, 2.05) is 18.2 Å². The number of benzene rings is 1. The fourth-order valence-electron chi connectivity index (χ4n) is 3.84. The molecule has 3 heterocycles. The molecule has 0 spiro atoms. The summed E-state index contributed by atoms with van der Waals surface area (Å²) >= 11 is 0. The molecule has 1 aliphatic rings. The molecule has 1 amide bonds. The van der Waals surface area contributed by atoms with Crippen LogP contribution in [-0.4, -0.2) is 40.4 Å². The number of likely N-dealkylation sites (tertiary alicyclic amines) is 1. The van der Waals surface area contributed by atoms with E-state index in [9.17, 15) is 4.79 Å². The van der Waals surface area contributed by atoms with Crippen molar-refractivity contribution in [1.82, 2.24) is 14.9 Å². The zero-order valence-electron chi connectivity index (χ0n) is 16.5. The Morgan fingerprint density at radius 1 is 0.966 bits per heavy atom. The number of pyridine rings is 2. The Balaban J connectivity index is 1.29. The van der Waals surface area contributed by atoms with Crippen LogP contribution in [0.15, 0.2) is 72.9 Å². The first kappa shape index (κ1) is 19.3. The second-order valence-electron chi connectivity index (χ2n) is 7.53. The lowest BCUT2D eigenvalue weighted by Gasteiger charge is -2.31. The van der Waals surface area contributed by atoms with Crippen molar-refractivity contribution in [1.29, 1.82) is 0 Å². The topological polar surface area (TPSA) is 58.1 Å². The summed E-state index contributed by atoms with van der Waals surface area (Å²) in [5.74, 6) is 1.05. The molecule has 148 valence electrons. The van der Waals surface area contributed by atoms with Crippen LogP contribution in [-0.2, 0) is 11.2 Å². The van der Waals surface area contributed by atoms with Gasteiger partial charge in [-0.3, -0.25) is 14.7 Å². The number of hydrogen-bond acceptors (Lipinski definition) is 4. The van der Waals surface area contributed by atoms with Gasteiger partial charge in [0.1, 0.15) is 5.82 Å². The molecule has 0 radical (unpaired) electrons. The molecule has 5 nitrogen and oxygen atoms in total. The predicted molar refractivity (Wildman–Crippen MR) is 115 cm³/mol. The molecule has 4 rings (SSSR count). The number of carbonyl (C=O) groups excluding carboxylic acids is 1. The molecule has 1 N–H and O–H groups in total. The van der Waals surface area contributed by atoms with E-state index in [1.54, 1.807) is 12.3 Å². The average Bonchev–Trinajstić information content (AvgIpc) is 2.76. The first-order valence-corrected chi connectivity index (χ1v) is 10.2. The van der Waals surface area contributed by atoms with Crippen LogP contribution in [0.5, 0.6) is 0 Å². The van der Waals surface area contributed by atoms with Crippen LogP contribution in [0.1, 0.15) is 35.7 Å². The number of nitrogens with one attached hydrogen (secondary N) is 1. The third-order valence-electron chi connectivity index (χ3n) is 5.36. The Hall–Kier alpha value is -3.05. The minimum atomic E-state index is -0.00914. The second kappa shape index (κ2) is 9.43. The summed E-state index contributed by atoms with van der Waals surface area (Å²) in [5, 5.41) is 2.86. The largest absolute Gasteiger partial charge is 0.310 e. The van der Waals surface area contributed by atoms with Crippen LogP contribution in [0.3, 0.4) is 0 Å². The Morgan fingerprint density at radius 2 is 1.76 bits per heavy atom. The van der Waals surface area contributed by atoms with Gasteiger partial charge < -0.3 is 5.32 Å². The van der Waals surface area contributed by atoms with Crippen LogP contribution >= 0.6 is 0 Å². The van der Waals surface area contributed by atoms with Gasteiger partial charge in [0, 0.05) is 29.9 Å². The van der Waals surface area contributed by atoms with E-state index < -0.39 is 0 Å². The van der Waals surface area contributed by atoms with Crippen molar-refractivity contribution in [3.63, 3.8) is 0 Å². The SMILES string of the molecule is O=C(CN1CCC(c2cccc(Cc3ccccc3)n2)CC1)Nc1ccccn1. The van der Waals surface area contributed by atoms with Crippen LogP contribution < -0.4 is 5.32 Å². The van der Waals surface area contributed by atoms with Crippen molar-refractivity contribution >= 4 is 11.7 Å². The van der Waals surface area contributed by atoms with Crippen LogP contribution in [0.25, 0.3) is 0 Å². The summed E-state index contributed by atoms with van der Waals surface area (Å²) in [6.45, 7) is 2.22. The first-order valence-electron chi connectivity index (χ1n) is 10.2. The smallest absolute Gasteiger partial charge is 0.239 e. The van der Waals surface area contributed by atoms with Gasteiger partial charge in [-0.2, -0.15) is 0 Å². The van der Waals surface area contributed by atoms with Crippen molar-refractivity contribution < 1.29 is 4.79 Å². The van der Waals surface area contributed by atoms with Crippen molar-refractivity contribution in [3.8, 4) is 0 Å². The Kier molecular flexibility index (Phi) is 6.27. The van der Waals surface area contributed by atoms with Gasteiger partial charge in [0.15, 0.2) is 0 Å². The van der Waals surface area contributed by atoms with Crippen molar-refractivity contribution in [2.24, 2.45) is 0 Å². The molecular weight excluding hydrogens is 360 g/mol. The molecule has 0 bridgehead atoms. The molecule has 1 aliphatic heterocycles. The zero-order chi connectivity index (χ0) is 19.9. The standard InChI is InChI=1S/C24H26N4O/c29-24(27-23-11-4-5-14-25-23)18-28-15-12-20(13-16-28)22-10-6-9-21(26-22)17-19-7-2-1-3-8-19/h1-11,14,20H,12-13,15-18H2,(H,25,27,29). The minimum Gasteiger partial charge on any atom is -0.310 e. The third kappa shape index (κ3) is 5.48. The molecule has 1 fully saturated rings. The number of anilines is 1. The van der Waals surface area contributed by atoms with E-state index in [-0.39, 0.29) is 5.91 Å². The van der Waals surface area contributed by atoms with Crippen molar-refractivity contribution in [2.75, 3.05) is 25.0 Å². The van der Waals surface area contributed by atoms with E-state index in [4.69, 9.17) is 4.98 Å². The summed E-state index contributed by atoms with van der Waals surface area (Å²) in [4.78, 5) is 23.5. The number of rotatable bonds is 6. The summed E-state index contributed by atoms with van der Waals surface area (Å²) in [6.07, 6.45) is 4.60. The average molecular weight is 386 g/mol. The number of nitrogens with zero attached hydrogens (tertiary/aromatic N) is 3.